The van der Waals surface area contributed by atoms with Crippen LogP contribution in [0.2, 0.25) is 0 Å². The summed E-state index contributed by atoms with van der Waals surface area (Å²) < 4.78 is 5.74. The lowest BCUT2D eigenvalue weighted by Crippen LogP contribution is -2.53. The number of carbonyl (C=O) groups excluding carboxylic acids is 1. The second-order valence-electron chi connectivity index (χ2n) is 10.3. The van der Waals surface area contributed by atoms with E-state index >= 15 is 0 Å². The fraction of sp³-hybridized carbons (Fsp3) is 0.519. The summed E-state index contributed by atoms with van der Waals surface area (Å²) in [5.74, 6) is 1.21. The summed E-state index contributed by atoms with van der Waals surface area (Å²) in [6.07, 6.45) is 10.1. The molecule has 2 aliphatic rings. The van der Waals surface area contributed by atoms with Crippen molar-refractivity contribution in [1.82, 2.24) is 20.2 Å². The van der Waals surface area contributed by atoms with E-state index in [9.17, 15) is 9.59 Å². The number of fused-ring (bicyclic) bond motifs is 1. The van der Waals surface area contributed by atoms with Gasteiger partial charge in [0.15, 0.2) is 5.82 Å². The quantitative estimate of drug-likeness (QED) is 0.514. The number of aromatic amines is 1. The third-order valence-electron chi connectivity index (χ3n) is 7.50. The molecule has 0 spiro atoms. The largest absolute Gasteiger partial charge is 0.464 e. The van der Waals surface area contributed by atoms with Crippen molar-refractivity contribution < 1.29 is 9.21 Å². The third kappa shape index (κ3) is 4.98. The van der Waals surface area contributed by atoms with Crippen molar-refractivity contribution >= 4 is 22.6 Å². The topological polar surface area (TPSA) is 103 Å². The minimum absolute atomic E-state index is 0.0768. The third-order valence-corrected chi connectivity index (χ3v) is 7.50. The average molecular weight is 478 g/mol. The number of H-pyrrole nitrogens is 1. The standard InChI is InChI=1S/C27H35N5O3/c1-16-11-23(35-15-16)20-13-28-25(24-19(20)12-17(2)26(33)31-24)30-22-9-10-32(3)14-21(22)27(34)29-18-7-5-4-6-8-18/h11-13,15,18,21-22H,4-10,14H2,1-3H3,(H,28,30)(H,29,34)(H,31,33)/t21-,22-/m1/s1. The number of carbonyl (C=O) groups is 1. The monoisotopic (exact) mass is 477 g/mol. The van der Waals surface area contributed by atoms with E-state index in [1.54, 1.807) is 19.4 Å². The second-order valence-corrected chi connectivity index (χ2v) is 10.3. The molecule has 0 bridgehead atoms. The molecule has 0 unspecified atom stereocenters. The summed E-state index contributed by atoms with van der Waals surface area (Å²) in [4.78, 5) is 35.8. The van der Waals surface area contributed by atoms with Crippen molar-refractivity contribution in [2.24, 2.45) is 5.92 Å². The molecule has 1 saturated heterocycles. The number of amides is 1. The van der Waals surface area contributed by atoms with E-state index in [2.05, 4.69) is 27.6 Å². The number of anilines is 1. The molecule has 35 heavy (non-hydrogen) atoms. The predicted molar refractivity (Wildman–Crippen MR) is 138 cm³/mol. The molecule has 4 heterocycles. The molecule has 2 fully saturated rings. The van der Waals surface area contributed by atoms with E-state index in [4.69, 9.17) is 9.40 Å². The van der Waals surface area contributed by atoms with Gasteiger partial charge in [-0.15, -0.1) is 0 Å². The number of nitrogens with one attached hydrogen (secondary N) is 3. The average Bonchev–Trinajstić information content (AvgIpc) is 3.28. The number of aromatic nitrogens is 2. The highest BCUT2D eigenvalue weighted by atomic mass is 16.3. The Kier molecular flexibility index (Phi) is 6.65. The number of hydrogen-bond donors (Lipinski definition) is 3. The first kappa shape index (κ1) is 23.6. The van der Waals surface area contributed by atoms with Gasteiger partial charge in [-0.1, -0.05) is 19.3 Å². The highest BCUT2D eigenvalue weighted by Crippen LogP contribution is 2.33. The van der Waals surface area contributed by atoms with Crippen LogP contribution < -0.4 is 16.2 Å². The van der Waals surface area contributed by atoms with Gasteiger partial charge in [-0.25, -0.2) is 4.98 Å². The Bertz CT molecular complexity index is 1270. The summed E-state index contributed by atoms with van der Waals surface area (Å²) >= 11 is 0. The first-order valence-electron chi connectivity index (χ1n) is 12.7. The number of aryl methyl sites for hydroxylation is 2. The lowest BCUT2D eigenvalue weighted by Gasteiger charge is -2.37. The van der Waals surface area contributed by atoms with Crippen LogP contribution in [0.4, 0.5) is 5.82 Å². The number of likely N-dealkylation sites (tertiary alicyclic amines) is 1. The maximum absolute atomic E-state index is 13.3. The van der Waals surface area contributed by atoms with Crippen molar-refractivity contribution in [3.63, 3.8) is 0 Å². The van der Waals surface area contributed by atoms with E-state index in [0.717, 1.165) is 42.3 Å². The molecule has 3 aromatic heterocycles. The maximum atomic E-state index is 13.3. The Hall–Kier alpha value is -3.13. The summed E-state index contributed by atoms with van der Waals surface area (Å²) in [6.45, 7) is 5.35. The van der Waals surface area contributed by atoms with E-state index in [0.29, 0.717) is 29.2 Å². The molecule has 2 atom stereocenters. The molecule has 1 aliphatic heterocycles. The SMILES string of the molecule is Cc1coc(-c2cnc(N[C@@H]3CCN(C)C[C@H]3C(=O)NC3CCCCC3)c3[nH]c(=O)c(C)cc23)c1. The van der Waals surface area contributed by atoms with Gasteiger partial charge in [-0.3, -0.25) is 9.59 Å². The van der Waals surface area contributed by atoms with Crippen LogP contribution in [0.5, 0.6) is 0 Å². The van der Waals surface area contributed by atoms with Gasteiger partial charge in [-0.2, -0.15) is 0 Å². The molecule has 3 aromatic rings. The second kappa shape index (κ2) is 9.85. The van der Waals surface area contributed by atoms with Crippen LogP contribution in [-0.4, -0.2) is 53.0 Å². The molecular formula is C27H35N5O3. The molecule has 1 aliphatic carbocycles. The summed E-state index contributed by atoms with van der Waals surface area (Å²) in [6, 6.07) is 4.05. The molecule has 1 amide bonds. The van der Waals surface area contributed by atoms with Gasteiger partial charge in [0.2, 0.25) is 5.91 Å². The van der Waals surface area contributed by atoms with Gasteiger partial charge in [0.1, 0.15) is 5.76 Å². The van der Waals surface area contributed by atoms with Gasteiger partial charge in [0.05, 0.1) is 17.7 Å². The normalized spacial score (nSPS) is 21.8. The van der Waals surface area contributed by atoms with Crippen molar-refractivity contribution in [2.75, 3.05) is 25.5 Å². The fourth-order valence-corrected chi connectivity index (χ4v) is 5.46. The van der Waals surface area contributed by atoms with Crippen LogP contribution in [0.3, 0.4) is 0 Å². The first-order valence-corrected chi connectivity index (χ1v) is 12.7. The van der Waals surface area contributed by atoms with Crippen LogP contribution in [-0.2, 0) is 4.79 Å². The van der Waals surface area contributed by atoms with Crippen LogP contribution >= 0.6 is 0 Å². The molecular weight excluding hydrogens is 442 g/mol. The molecule has 0 radical (unpaired) electrons. The lowest BCUT2D eigenvalue weighted by molar-refractivity contribution is -0.127. The van der Waals surface area contributed by atoms with Crippen LogP contribution in [0.25, 0.3) is 22.2 Å². The molecule has 0 aromatic carbocycles. The van der Waals surface area contributed by atoms with Crippen molar-refractivity contribution in [3.8, 4) is 11.3 Å². The van der Waals surface area contributed by atoms with Crippen LogP contribution in [0.15, 0.2) is 33.8 Å². The van der Waals surface area contributed by atoms with Gasteiger partial charge in [0, 0.05) is 41.3 Å². The number of piperidine rings is 1. The molecule has 186 valence electrons. The molecule has 3 N–H and O–H groups in total. The Balaban J connectivity index is 1.46. The predicted octanol–water partition coefficient (Wildman–Crippen LogP) is 3.98. The Morgan fingerprint density at radius 2 is 1.97 bits per heavy atom. The zero-order chi connectivity index (χ0) is 24.5. The Morgan fingerprint density at radius 3 is 2.71 bits per heavy atom. The highest BCUT2D eigenvalue weighted by Gasteiger charge is 2.35. The number of rotatable bonds is 5. The summed E-state index contributed by atoms with van der Waals surface area (Å²) in [5.41, 5.74) is 2.97. The van der Waals surface area contributed by atoms with Gasteiger partial charge in [-0.05, 0) is 64.4 Å². The number of nitrogens with zero attached hydrogens (tertiary/aromatic N) is 2. The lowest BCUT2D eigenvalue weighted by atomic mass is 9.89. The molecule has 5 rings (SSSR count). The Labute approximate surface area is 205 Å². The summed E-state index contributed by atoms with van der Waals surface area (Å²) in [7, 11) is 2.06. The van der Waals surface area contributed by atoms with E-state index in [1.807, 2.05) is 19.1 Å². The van der Waals surface area contributed by atoms with Gasteiger partial charge >= 0.3 is 0 Å². The number of hydrogen-bond acceptors (Lipinski definition) is 6. The number of pyridine rings is 2. The number of furan rings is 1. The van der Waals surface area contributed by atoms with Crippen molar-refractivity contribution in [3.05, 3.63) is 46.1 Å². The molecule has 8 heteroatoms. The minimum Gasteiger partial charge on any atom is -0.464 e. The zero-order valence-electron chi connectivity index (χ0n) is 20.8. The van der Waals surface area contributed by atoms with Gasteiger partial charge in [0.25, 0.3) is 5.56 Å². The van der Waals surface area contributed by atoms with Crippen molar-refractivity contribution in [2.45, 2.75) is 64.5 Å². The smallest absolute Gasteiger partial charge is 0.251 e. The van der Waals surface area contributed by atoms with Crippen molar-refractivity contribution in [1.29, 1.82) is 0 Å². The Morgan fingerprint density at radius 1 is 1.17 bits per heavy atom. The summed E-state index contributed by atoms with van der Waals surface area (Å²) in [5, 5.41) is 7.73. The highest BCUT2D eigenvalue weighted by molar-refractivity contribution is 5.98. The molecule has 8 nitrogen and oxygen atoms in total. The fourth-order valence-electron chi connectivity index (χ4n) is 5.46. The minimum atomic E-state index is -0.197. The zero-order valence-corrected chi connectivity index (χ0v) is 20.8. The molecule has 1 saturated carbocycles. The van der Waals surface area contributed by atoms with Gasteiger partial charge < -0.3 is 24.9 Å². The van der Waals surface area contributed by atoms with Crippen LogP contribution in [0.1, 0.15) is 49.7 Å². The first-order chi connectivity index (χ1) is 16.9. The maximum Gasteiger partial charge on any atom is 0.251 e. The van der Waals surface area contributed by atoms with Crippen LogP contribution in [0, 0.1) is 19.8 Å². The van der Waals surface area contributed by atoms with E-state index in [-0.39, 0.29) is 29.5 Å². The van der Waals surface area contributed by atoms with E-state index < -0.39 is 0 Å². The van der Waals surface area contributed by atoms with E-state index in [1.165, 1.54) is 19.3 Å².